The molecule has 3 heterocycles. The molecule has 0 aliphatic carbocycles. The van der Waals surface area contributed by atoms with Crippen molar-refractivity contribution in [3.8, 4) is 17.1 Å². The average molecular weight is 597 g/mol. The van der Waals surface area contributed by atoms with Gasteiger partial charge in [-0.3, -0.25) is 19.0 Å². The molecule has 3 aromatic heterocycles. The van der Waals surface area contributed by atoms with Crippen LogP contribution < -0.4 is 16.2 Å². The molecule has 0 fully saturated rings. The maximum atomic E-state index is 14.0. The Balaban J connectivity index is 1.64. The number of anilines is 1. The second kappa shape index (κ2) is 12.2. The van der Waals surface area contributed by atoms with Crippen molar-refractivity contribution in [2.75, 3.05) is 26.5 Å². The van der Waals surface area contributed by atoms with Crippen LogP contribution in [0.15, 0.2) is 65.7 Å². The van der Waals surface area contributed by atoms with E-state index in [0.29, 0.717) is 34.2 Å². The first-order chi connectivity index (χ1) is 21.0. The van der Waals surface area contributed by atoms with Crippen LogP contribution in [0.1, 0.15) is 34.4 Å². The van der Waals surface area contributed by atoms with E-state index in [1.807, 2.05) is 17.7 Å². The smallest absolute Gasteiger partial charge is 0.294 e. The predicted octanol–water partition coefficient (Wildman–Crippen LogP) is 3.70. The maximum absolute atomic E-state index is 14.0. The summed E-state index contributed by atoms with van der Waals surface area (Å²) in [7, 11) is 4.97. The van der Waals surface area contributed by atoms with E-state index in [9.17, 15) is 18.8 Å². The van der Waals surface area contributed by atoms with Crippen molar-refractivity contribution < 1.29 is 14.0 Å². The molecule has 2 amide bonds. The lowest BCUT2D eigenvalue weighted by Crippen LogP contribution is -2.38. The van der Waals surface area contributed by atoms with Crippen LogP contribution in [0.3, 0.4) is 0 Å². The van der Waals surface area contributed by atoms with Crippen LogP contribution in [0.4, 0.5) is 10.2 Å². The number of amides is 2. The molecule has 2 aromatic carbocycles. The van der Waals surface area contributed by atoms with Crippen LogP contribution in [0.2, 0.25) is 0 Å². The highest BCUT2D eigenvalue weighted by atomic mass is 19.1. The number of likely N-dealkylation sites (N-methyl/N-ethyl adjacent to an activating group) is 1. The number of fused-ring (bicyclic) bond motifs is 1. The summed E-state index contributed by atoms with van der Waals surface area (Å²) in [6.45, 7) is 5.33. The first-order valence-corrected chi connectivity index (χ1v) is 14.0. The molecule has 0 spiro atoms. The van der Waals surface area contributed by atoms with E-state index in [-0.39, 0.29) is 24.1 Å². The van der Waals surface area contributed by atoms with Crippen LogP contribution >= 0.6 is 0 Å². The Bertz CT molecular complexity index is 1960. The summed E-state index contributed by atoms with van der Waals surface area (Å²) >= 11 is 0. The van der Waals surface area contributed by atoms with Crippen molar-refractivity contribution >= 4 is 28.5 Å². The fourth-order valence-electron chi connectivity index (χ4n) is 4.92. The zero-order chi connectivity index (χ0) is 31.7. The molecule has 12 heteroatoms. The molecule has 0 saturated carbocycles. The maximum Gasteiger partial charge on any atom is 0.294 e. The fourth-order valence-corrected chi connectivity index (χ4v) is 4.92. The van der Waals surface area contributed by atoms with Crippen molar-refractivity contribution in [1.29, 1.82) is 0 Å². The summed E-state index contributed by atoms with van der Waals surface area (Å²) in [5.41, 5.74) is 3.10. The van der Waals surface area contributed by atoms with E-state index in [2.05, 4.69) is 25.6 Å². The van der Waals surface area contributed by atoms with Gasteiger partial charge in [0, 0.05) is 42.9 Å². The summed E-state index contributed by atoms with van der Waals surface area (Å²) in [6, 6.07) is 12.7. The molecule has 2 N–H and O–H groups in total. The van der Waals surface area contributed by atoms with E-state index in [4.69, 9.17) is 0 Å². The largest absolute Gasteiger partial charge is 0.345 e. The van der Waals surface area contributed by atoms with Crippen LogP contribution in [-0.2, 0) is 11.3 Å². The highest BCUT2D eigenvalue weighted by Crippen LogP contribution is 2.26. The third-order valence-electron chi connectivity index (χ3n) is 7.34. The molecular formula is C32H33FN8O3. The number of carbonyl (C=O) groups excluding carboxylic acids is 2. The van der Waals surface area contributed by atoms with Gasteiger partial charge in [0.2, 0.25) is 5.91 Å². The normalized spacial score (nSPS) is 11.9. The Kier molecular flexibility index (Phi) is 8.36. The van der Waals surface area contributed by atoms with E-state index in [1.165, 1.54) is 27.8 Å². The Morgan fingerprint density at radius 1 is 1.07 bits per heavy atom. The molecule has 0 bridgehead atoms. The number of nitrogens with one attached hydrogen (secondary N) is 2. The van der Waals surface area contributed by atoms with Gasteiger partial charge in [-0.25, -0.2) is 19.3 Å². The van der Waals surface area contributed by atoms with Gasteiger partial charge >= 0.3 is 0 Å². The zero-order valence-corrected chi connectivity index (χ0v) is 25.3. The van der Waals surface area contributed by atoms with Gasteiger partial charge in [-0.2, -0.15) is 0 Å². The number of rotatable bonds is 8. The van der Waals surface area contributed by atoms with E-state index >= 15 is 0 Å². The minimum Gasteiger partial charge on any atom is -0.345 e. The molecule has 11 nitrogen and oxygen atoms in total. The summed E-state index contributed by atoms with van der Waals surface area (Å²) in [5, 5.41) is 6.22. The van der Waals surface area contributed by atoms with Gasteiger partial charge in [-0.15, -0.1) is 0 Å². The molecule has 0 aliphatic heterocycles. The number of aromatic nitrogens is 5. The third-order valence-corrected chi connectivity index (χ3v) is 7.34. The summed E-state index contributed by atoms with van der Waals surface area (Å²) < 4.78 is 17.3. The molecule has 44 heavy (non-hydrogen) atoms. The number of carbonyl (C=O) groups is 2. The van der Waals surface area contributed by atoms with Crippen molar-refractivity contribution in [3.63, 3.8) is 0 Å². The monoisotopic (exact) mass is 596 g/mol. The molecule has 5 aromatic rings. The van der Waals surface area contributed by atoms with Gasteiger partial charge in [-0.05, 0) is 63.7 Å². The third kappa shape index (κ3) is 5.97. The fraction of sp³-hybridized carbons (Fsp3) is 0.250. The van der Waals surface area contributed by atoms with Gasteiger partial charge in [0.05, 0.1) is 35.7 Å². The van der Waals surface area contributed by atoms with Crippen molar-refractivity contribution in [1.82, 2.24) is 34.3 Å². The van der Waals surface area contributed by atoms with Crippen LogP contribution in [0, 0.1) is 19.7 Å². The minimum atomic E-state index is -0.557. The number of hydrogen-bond donors (Lipinski definition) is 2. The summed E-state index contributed by atoms with van der Waals surface area (Å²) in [4.78, 5) is 54.2. The molecule has 0 saturated heterocycles. The Labute approximate surface area is 253 Å². The standard InChI is InChI=1S/C32H33FN8O3/c1-18-16-40(26-11-10-23(33)13-25(18)26)28-14-24(36-20(3)37-28)17-41-27(21-8-7-9-22(12-21)31(43)39(5)6)15-35-29(32(41)44)38-30(42)19(2)34-4/h7-16,19,34H,17H2,1-6H3,(H,35,38,42)/t19-/m0/s1. The van der Waals surface area contributed by atoms with Gasteiger partial charge in [0.25, 0.3) is 11.5 Å². The lowest BCUT2D eigenvalue weighted by molar-refractivity contribution is -0.117. The number of hydrogen-bond acceptors (Lipinski definition) is 7. The molecule has 1 atom stereocenters. The van der Waals surface area contributed by atoms with Gasteiger partial charge < -0.3 is 20.1 Å². The SMILES string of the molecule is CN[C@@H](C)C(=O)Nc1ncc(-c2cccc(C(=O)N(C)C)c2)n(Cc2cc(-n3cc(C)c4cc(F)ccc43)nc(C)n2)c1=O. The molecular weight excluding hydrogens is 563 g/mol. The first kappa shape index (κ1) is 30.2. The number of halogens is 1. The second-order valence-electron chi connectivity index (χ2n) is 10.8. The summed E-state index contributed by atoms with van der Waals surface area (Å²) in [6.07, 6.45) is 3.37. The van der Waals surface area contributed by atoms with Gasteiger partial charge in [0.1, 0.15) is 17.5 Å². The van der Waals surface area contributed by atoms with Crippen molar-refractivity contribution in [2.45, 2.75) is 33.4 Å². The number of aryl methyl sites for hydroxylation is 2. The van der Waals surface area contributed by atoms with Gasteiger partial charge in [-0.1, -0.05) is 12.1 Å². The number of nitrogens with zero attached hydrogens (tertiary/aromatic N) is 6. The summed E-state index contributed by atoms with van der Waals surface area (Å²) in [5.74, 6) is -0.0499. The van der Waals surface area contributed by atoms with Gasteiger partial charge in [0.15, 0.2) is 5.82 Å². The molecule has 226 valence electrons. The Morgan fingerprint density at radius 3 is 2.57 bits per heavy atom. The van der Waals surface area contributed by atoms with Crippen molar-refractivity contribution in [2.24, 2.45) is 0 Å². The lowest BCUT2D eigenvalue weighted by atomic mass is 10.1. The van der Waals surface area contributed by atoms with Crippen LogP contribution in [-0.4, -0.2) is 68.0 Å². The second-order valence-corrected chi connectivity index (χ2v) is 10.8. The molecule has 0 unspecified atom stereocenters. The molecule has 5 rings (SSSR count). The van der Waals surface area contributed by atoms with Crippen LogP contribution in [0.25, 0.3) is 28.0 Å². The number of benzene rings is 2. The first-order valence-electron chi connectivity index (χ1n) is 14.0. The average Bonchev–Trinajstić information content (AvgIpc) is 3.33. The van der Waals surface area contributed by atoms with E-state index < -0.39 is 17.5 Å². The zero-order valence-electron chi connectivity index (χ0n) is 25.3. The van der Waals surface area contributed by atoms with Crippen molar-refractivity contribution in [3.05, 3.63) is 99.7 Å². The Morgan fingerprint density at radius 2 is 1.84 bits per heavy atom. The minimum absolute atomic E-state index is 0.0101. The van der Waals surface area contributed by atoms with E-state index in [0.717, 1.165) is 16.5 Å². The Hall–Kier alpha value is -5.23. The predicted molar refractivity (Wildman–Crippen MR) is 167 cm³/mol. The highest BCUT2D eigenvalue weighted by Gasteiger charge is 2.19. The lowest BCUT2D eigenvalue weighted by Gasteiger charge is -2.17. The van der Waals surface area contributed by atoms with Crippen LogP contribution in [0.5, 0.6) is 0 Å². The van der Waals surface area contributed by atoms with E-state index in [1.54, 1.807) is 71.4 Å². The highest BCUT2D eigenvalue weighted by molar-refractivity contribution is 5.95. The topological polar surface area (TPSA) is 127 Å². The quantitative estimate of drug-likeness (QED) is 0.280. The molecule has 0 aliphatic rings. The molecule has 0 radical (unpaired) electrons.